The van der Waals surface area contributed by atoms with Crippen LogP contribution in [0.1, 0.15) is 5.56 Å². The van der Waals surface area contributed by atoms with E-state index < -0.39 is 27.4 Å². The Morgan fingerprint density at radius 3 is 2.66 bits per heavy atom. The molecule has 12 heteroatoms. The minimum Gasteiger partial charge on any atom is -0.495 e. The van der Waals surface area contributed by atoms with Gasteiger partial charge >= 0.3 is 0 Å². The van der Waals surface area contributed by atoms with E-state index in [0.717, 1.165) is 16.8 Å². The lowest BCUT2D eigenvalue weighted by atomic mass is 10.2. The number of nitrogens with one attached hydrogen (secondary N) is 1. The fourth-order valence-corrected chi connectivity index (χ4v) is 3.33. The number of rotatable bonds is 8. The summed E-state index contributed by atoms with van der Waals surface area (Å²) in [5.41, 5.74) is 2.39. The van der Waals surface area contributed by atoms with E-state index in [2.05, 4.69) is 10.5 Å². The molecular formula is C17H17ClN4O6S. The summed E-state index contributed by atoms with van der Waals surface area (Å²) in [4.78, 5) is 22.4. The number of hydrazone groups is 1. The summed E-state index contributed by atoms with van der Waals surface area (Å²) in [5.74, 6) is -0.461. The fourth-order valence-electron chi connectivity index (χ4n) is 2.30. The molecule has 0 radical (unpaired) electrons. The Morgan fingerprint density at radius 1 is 1.34 bits per heavy atom. The van der Waals surface area contributed by atoms with Crippen LogP contribution in [0, 0.1) is 10.1 Å². The highest BCUT2D eigenvalue weighted by Crippen LogP contribution is 2.29. The van der Waals surface area contributed by atoms with Crippen LogP contribution >= 0.6 is 11.6 Å². The summed E-state index contributed by atoms with van der Waals surface area (Å²) in [6.07, 6.45) is 2.08. The summed E-state index contributed by atoms with van der Waals surface area (Å²) < 4.78 is 30.3. The van der Waals surface area contributed by atoms with Crippen LogP contribution in [0.4, 0.5) is 11.4 Å². The van der Waals surface area contributed by atoms with Gasteiger partial charge in [0.05, 0.1) is 30.2 Å². The number of benzene rings is 2. The minimum absolute atomic E-state index is 0.193. The van der Waals surface area contributed by atoms with Crippen LogP contribution in [0.5, 0.6) is 5.75 Å². The number of methoxy groups -OCH3 is 1. The zero-order valence-corrected chi connectivity index (χ0v) is 17.0. The molecule has 2 aromatic carbocycles. The van der Waals surface area contributed by atoms with Crippen molar-refractivity contribution in [2.45, 2.75) is 0 Å². The first kappa shape index (κ1) is 22.1. The second-order valence-corrected chi connectivity index (χ2v) is 8.01. The topological polar surface area (TPSA) is 131 Å². The van der Waals surface area contributed by atoms with Crippen molar-refractivity contribution in [2.24, 2.45) is 5.10 Å². The number of sulfonamides is 1. The molecule has 0 bridgehead atoms. The SMILES string of the molecule is COc1ccccc1N(CC(=O)N/N=C\c1cc([N+](=O)[O-])ccc1Cl)S(C)(=O)=O. The van der Waals surface area contributed by atoms with Gasteiger partial charge in [0.2, 0.25) is 10.0 Å². The third-order valence-electron chi connectivity index (χ3n) is 3.62. The molecule has 0 spiro atoms. The Hall–Kier alpha value is -3.18. The van der Waals surface area contributed by atoms with Crippen molar-refractivity contribution in [2.75, 3.05) is 24.2 Å². The molecule has 0 aliphatic heterocycles. The van der Waals surface area contributed by atoms with E-state index in [1.54, 1.807) is 18.2 Å². The van der Waals surface area contributed by atoms with E-state index in [1.165, 1.54) is 31.4 Å². The standard InChI is InChI=1S/C17H17ClN4O6S/c1-28-16-6-4-3-5-15(16)21(29(2,26)27)11-17(23)20-19-10-12-9-13(22(24)25)7-8-14(12)18/h3-10H,11H2,1-2H3,(H,20,23)/b19-10-. The molecule has 0 atom stereocenters. The fraction of sp³-hybridized carbons (Fsp3) is 0.176. The molecule has 0 unspecified atom stereocenters. The summed E-state index contributed by atoms with van der Waals surface area (Å²) in [6, 6.07) is 10.1. The lowest BCUT2D eigenvalue weighted by Gasteiger charge is -2.23. The number of nitro benzene ring substituents is 1. The number of para-hydroxylation sites is 2. The van der Waals surface area contributed by atoms with Crippen LogP contribution in [0.15, 0.2) is 47.6 Å². The normalized spacial score (nSPS) is 11.3. The largest absolute Gasteiger partial charge is 0.495 e. The molecule has 1 amide bonds. The number of nitro groups is 1. The van der Waals surface area contributed by atoms with Gasteiger partial charge in [-0.3, -0.25) is 19.2 Å². The van der Waals surface area contributed by atoms with Gasteiger partial charge in [0, 0.05) is 22.7 Å². The monoisotopic (exact) mass is 440 g/mol. The molecule has 0 aliphatic carbocycles. The molecule has 0 aliphatic rings. The highest BCUT2D eigenvalue weighted by molar-refractivity contribution is 7.92. The Kier molecular flexibility index (Phi) is 7.13. The quantitative estimate of drug-likeness (QED) is 0.380. The Labute approximate surface area is 171 Å². The van der Waals surface area contributed by atoms with Crippen molar-refractivity contribution in [3.8, 4) is 5.75 Å². The molecule has 2 rings (SSSR count). The molecule has 2 aromatic rings. The molecule has 0 heterocycles. The van der Waals surface area contributed by atoms with Crippen LogP contribution in [0.2, 0.25) is 5.02 Å². The molecular weight excluding hydrogens is 424 g/mol. The van der Waals surface area contributed by atoms with Gasteiger partial charge in [-0.05, 0) is 18.2 Å². The van der Waals surface area contributed by atoms with E-state index in [0.29, 0.717) is 0 Å². The van der Waals surface area contributed by atoms with Gasteiger partial charge in [0.15, 0.2) is 0 Å². The maximum absolute atomic E-state index is 12.2. The van der Waals surface area contributed by atoms with Crippen LogP contribution < -0.4 is 14.5 Å². The predicted octanol–water partition coefficient (Wildman–Crippen LogP) is 2.17. The number of carbonyl (C=O) groups is 1. The average Bonchev–Trinajstić information content (AvgIpc) is 2.66. The second-order valence-electron chi connectivity index (χ2n) is 5.70. The number of anilines is 1. The van der Waals surface area contributed by atoms with Gasteiger partial charge in [-0.15, -0.1) is 0 Å². The van der Waals surface area contributed by atoms with Crippen molar-refractivity contribution >= 4 is 45.1 Å². The highest BCUT2D eigenvalue weighted by atomic mass is 35.5. The van der Waals surface area contributed by atoms with Crippen LogP contribution in [-0.4, -0.2) is 45.4 Å². The highest BCUT2D eigenvalue weighted by Gasteiger charge is 2.23. The van der Waals surface area contributed by atoms with Gasteiger partial charge in [-0.1, -0.05) is 23.7 Å². The molecule has 10 nitrogen and oxygen atoms in total. The number of non-ortho nitro benzene ring substituents is 1. The lowest BCUT2D eigenvalue weighted by molar-refractivity contribution is -0.384. The first-order valence-electron chi connectivity index (χ1n) is 8.00. The molecule has 0 fully saturated rings. The number of halogens is 1. The maximum atomic E-state index is 12.2. The molecule has 29 heavy (non-hydrogen) atoms. The first-order chi connectivity index (χ1) is 13.6. The Balaban J connectivity index is 2.17. The van der Waals surface area contributed by atoms with E-state index in [1.807, 2.05) is 0 Å². The van der Waals surface area contributed by atoms with Crippen LogP contribution in [0.3, 0.4) is 0 Å². The van der Waals surface area contributed by atoms with Gasteiger partial charge in [-0.2, -0.15) is 5.10 Å². The number of hydrogen-bond donors (Lipinski definition) is 1. The third-order valence-corrected chi connectivity index (χ3v) is 5.10. The van der Waals surface area contributed by atoms with E-state index in [4.69, 9.17) is 16.3 Å². The smallest absolute Gasteiger partial charge is 0.270 e. The molecule has 0 saturated carbocycles. The predicted molar refractivity (Wildman–Crippen MR) is 109 cm³/mol. The van der Waals surface area contributed by atoms with Crippen LogP contribution in [0.25, 0.3) is 0 Å². The minimum atomic E-state index is -3.80. The summed E-state index contributed by atoms with van der Waals surface area (Å²) in [6.45, 7) is -0.556. The van der Waals surface area contributed by atoms with E-state index >= 15 is 0 Å². The first-order valence-corrected chi connectivity index (χ1v) is 10.2. The zero-order valence-electron chi connectivity index (χ0n) is 15.4. The summed E-state index contributed by atoms with van der Waals surface area (Å²) >= 11 is 5.95. The number of hydrogen-bond acceptors (Lipinski definition) is 7. The van der Waals surface area contributed by atoms with Gasteiger partial charge in [-0.25, -0.2) is 13.8 Å². The Bertz CT molecular complexity index is 1060. The molecule has 0 saturated heterocycles. The lowest BCUT2D eigenvalue weighted by Crippen LogP contribution is -2.39. The second kappa shape index (κ2) is 9.34. The van der Waals surface area contributed by atoms with Crippen molar-refractivity contribution in [3.63, 3.8) is 0 Å². The zero-order chi connectivity index (χ0) is 21.6. The summed E-state index contributed by atoms with van der Waals surface area (Å²) in [5, 5.41) is 14.7. The van der Waals surface area contributed by atoms with Gasteiger partial charge in [0.25, 0.3) is 11.6 Å². The number of ether oxygens (including phenoxy) is 1. The van der Waals surface area contributed by atoms with Gasteiger partial charge in [0.1, 0.15) is 12.3 Å². The van der Waals surface area contributed by atoms with Crippen molar-refractivity contribution in [3.05, 3.63) is 63.2 Å². The Morgan fingerprint density at radius 2 is 2.03 bits per heavy atom. The van der Waals surface area contributed by atoms with Crippen molar-refractivity contribution in [1.82, 2.24) is 5.43 Å². The van der Waals surface area contributed by atoms with Gasteiger partial charge < -0.3 is 4.74 Å². The van der Waals surface area contributed by atoms with E-state index in [-0.39, 0.29) is 27.7 Å². The molecule has 154 valence electrons. The number of amides is 1. The summed E-state index contributed by atoms with van der Waals surface area (Å²) in [7, 11) is -2.42. The average molecular weight is 441 g/mol. The molecule has 0 aromatic heterocycles. The number of nitrogens with zero attached hydrogens (tertiary/aromatic N) is 3. The van der Waals surface area contributed by atoms with E-state index in [9.17, 15) is 23.3 Å². The van der Waals surface area contributed by atoms with Crippen LogP contribution in [-0.2, 0) is 14.8 Å². The molecule has 1 N–H and O–H groups in total. The number of carbonyl (C=O) groups excluding carboxylic acids is 1. The van der Waals surface area contributed by atoms with Crippen molar-refractivity contribution < 1.29 is 22.9 Å². The third kappa shape index (κ3) is 5.90. The maximum Gasteiger partial charge on any atom is 0.270 e. The van der Waals surface area contributed by atoms with Crippen molar-refractivity contribution in [1.29, 1.82) is 0 Å².